The molecule has 1 aromatic rings. The molecule has 0 saturated carbocycles. The Labute approximate surface area is 451 Å². The fourth-order valence-corrected chi connectivity index (χ4v) is 11.8. The van der Waals surface area contributed by atoms with Crippen LogP contribution in [0.25, 0.3) is 0 Å². The average Bonchev–Trinajstić information content (AvgIpc) is 3.44. The molecule has 6 rings (SSSR count). The third-order valence-corrected chi connectivity index (χ3v) is 16.4. The van der Waals surface area contributed by atoms with Crippen LogP contribution in [0.2, 0.25) is 0 Å². The van der Waals surface area contributed by atoms with Gasteiger partial charge in [0.25, 0.3) is 5.91 Å². The lowest BCUT2D eigenvalue weighted by Gasteiger charge is -2.50. The number of ether oxygens (including phenoxy) is 5. The summed E-state index contributed by atoms with van der Waals surface area (Å²) in [5.41, 5.74) is 2.12. The Bertz CT molecular complexity index is 2400. The van der Waals surface area contributed by atoms with E-state index in [-0.39, 0.29) is 64.9 Å². The number of ketones is 1. The SMILES string of the molecule is CNC1(NC(C)=C2NC(=O)/C(C)=C\C=C\[C@H](C)[C@@H]3OC(C)(OC4=C(C)C(=O)CCC4=C2O)O[C@@H]([C@@H](C)[C@H](OC(=O)CC(=O)N2CCC(N(C)c4ccccc4)CC2)[C@H](C)[C@H](/C=C/O)OC)[C@@H]3C)CCN(CC(C)C)CC1. The number of hydrogen-bond donors (Lipinski definition) is 5. The first-order valence-corrected chi connectivity index (χ1v) is 27.4. The molecule has 5 aliphatic rings. The highest BCUT2D eigenvalue weighted by Gasteiger charge is 2.52. The van der Waals surface area contributed by atoms with Crippen molar-refractivity contribution in [3.63, 3.8) is 0 Å². The summed E-state index contributed by atoms with van der Waals surface area (Å²) in [7, 11) is 5.47. The van der Waals surface area contributed by atoms with Crippen molar-refractivity contribution in [1.82, 2.24) is 25.8 Å². The molecule has 0 aromatic heterocycles. The van der Waals surface area contributed by atoms with Gasteiger partial charge in [-0.3, -0.25) is 24.5 Å². The number of nitrogens with zero attached hydrogens (tertiary/aromatic N) is 3. The summed E-state index contributed by atoms with van der Waals surface area (Å²) in [6.45, 7) is 22.6. The van der Waals surface area contributed by atoms with Crippen LogP contribution in [0, 0.1) is 29.6 Å². The van der Waals surface area contributed by atoms with Crippen LogP contribution in [0.3, 0.4) is 0 Å². The Morgan fingerprint density at radius 1 is 1.01 bits per heavy atom. The maximum absolute atomic E-state index is 14.1. The van der Waals surface area contributed by atoms with Crippen LogP contribution in [0.1, 0.15) is 114 Å². The highest BCUT2D eigenvalue weighted by atomic mass is 16.9. The molecular weight excluding hydrogens is 969 g/mol. The van der Waals surface area contributed by atoms with Gasteiger partial charge in [0.1, 0.15) is 29.7 Å². The van der Waals surface area contributed by atoms with Gasteiger partial charge in [-0.15, -0.1) is 0 Å². The maximum atomic E-state index is 14.1. The number of amides is 2. The Morgan fingerprint density at radius 3 is 2.30 bits per heavy atom. The second kappa shape index (κ2) is 26.3. The van der Waals surface area contributed by atoms with Crippen LogP contribution >= 0.6 is 0 Å². The standard InChI is InChI=1S/C59H88N6O11/c1-36(2)35-64-31-27-59(60-11,28-32-64)62-43(9)51-52(70)46-22-23-47(67)39(5)56(46)76-58(10)74-53(37(3)18-17-19-38(4)57(71)61-51)41(7)55(75-58)42(8)54(40(6)48(72-13)26-33-66)73-50(69)34-49(68)65-29-24-45(25-30-65)63(12)44-20-15-14-16-21-44/h14-21,26,33,36-37,40-42,45,48,53-55,60,62,66,70H,22-25,27-32,34-35H2,1-13H3,(H,61,71)/b18-17+,33-26+,38-19-,51-43?,52-46?/t37-,40+,41+,42-,48-,53-,54+,55+,58?/m0/s1. The van der Waals surface area contributed by atoms with E-state index in [0.717, 1.165) is 57.3 Å². The molecular formula is C59H88N6O11. The second-order valence-corrected chi connectivity index (χ2v) is 22.3. The smallest absolute Gasteiger partial charge is 0.324 e. The molecule has 1 aliphatic carbocycles. The highest BCUT2D eigenvalue weighted by Crippen LogP contribution is 2.45. The van der Waals surface area contributed by atoms with Gasteiger partial charge in [0, 0.05) is 118 Å². The van der Waals surface area contributed by atoms with Gasteiger partial charge in [-0.1, -0.05) is 78.0 Å². The lowest BCUT2D eigenvalue weighted by Crippen LogP contribution is -2.61. The number of hydrogen-bond acceptors (Lipinski definition) is 15. The molecule has 4 heterocycles. The fraction of sp³-hybridized carbons (Fsp3) is 0.627. The van der Waals surface area contributed by atoms with Crippen molar-refractivity contribution in [3.05, 3.63) is 101 Å². The quantitative estimate of drug-likeness (QED) is 0.0460. The van der Waals surface area contributed by atoms with E-state index in [0.29, 0.717) is 30.3 Å². The monoisotopic (exact) mass is 1060 g/mol. The first kappa shape index (κ1) is 59.8. The minimum absolute atomic E-state index is 0.0595. The third kappa shape index (κ3) is 14.4. The Kier molecular flexibility index (Phi) is 20.7. The predicted octanol–water partition coefficient (Wildman–Crippen LogP) is 8.09. The number of piperidine rings is 2. The van der Waals surface area contributed by atoms with Gasteiger partial charge in [0.15, 0.2) is 5.78 Å². The maximum Gasteiger partial charge on any atom is 0.324 e. The number of aliphatic hydroxyl groups excluding tert-OH is 2. The van der Waals surface area contributed by atoms with Crippen LogP contribution < -0.4 is 20.9 Å². The number of carbonyl (C=O) groups is 4. The minimum Gasteiger partial charge on any atom is -0.516 e. The van der Waals surface area contributed by atoms with Gasteiger partial charge in [0.05, 0.1) is 30.2 Å². The largest absolute Gasteiger partial charge is 0.516 e. The van der Waals surface area contributed by atoms with E-state index >= 15 is 0 Å². The lowest BCUT2D eigenvalue weighted by molar-refractivity contribution is -0.432. The van der Waals surface area contributed by atoms with E-state index in [4.69, 9.17) is 23.7 Å². The molecule has 2 amide bonds. The van der Waals surface area contributed by atoms with Gasteiger partial charge in [0.2, 0.25) is 5.91 Å². The summed E-state index contributed by atoms with van der Waals surface area (Å²) in [4.78, 5) is 62.2. The zero-order valence-corrected chi connectivity index (χ0v) is 47.4. The number of benzene rings is 1. The molecule has 0 radical (unpaired) electrons. The molecule has 420 valence electrons. The number of esters is 1. The number of para-hydroxylation sites is 1. The first-order valence-electron chi connectivity index (χ1n) is 27.4. The van der Waals surface area contributed by atoms with Crippen LogP contribution in [-0.4, -0.2) is 140 Å². The second-order valence-electron chi connectivity index (χ2n) is 22.3. The van der Waals surface area contributed by atoms with Crippen LogP contribution in [0.15, 0.2) is 101 Å². The summed E-state index contributed by atoms with van der Waals surface area (Å²) in [6, 6.07) is 10.4. The van der Waals surface area contributed by atoms with Gasteiger partial charge >= 0.3 is 11.9 Å². The molecule has 17 heteroatoms. The number of fused-ring (bicyclic) bond motifs is 3. The fourth-order valence-electron chi connectivity index (χ4n) is 11.8. The molecule has 3 fully saturated rings. The van der Waals surface area contributed by atoms with Gasteiger partial charge < -0.3 is 59.2 Å². The molecule has 1 unspecified atom stereocenters. The van der Waals surface area contributed by atoms with E-state index in [1.807, 2.05) is 65.9 Å². The van der Waals surface area contributed by atoms with E-state index in [2.05, 4.69) is 58.8 Å². The first-order chi connectivity index (χ1) is 36.0. The van der Waals surface area contributed by atoms with Crippen LogP contribution in [0.5, 0.6) is 0 Å². The normalized spacial score (nSPS) is 28.7. The number of nitrogens with one attached hydrogen (secondary N) is 3. The molecule has 2 bridgehead atoms. The molecule has 4 aliphatic heterocycles. The summed E-state index contributed by atoms with van der Waals surface area (Å²) in [5.74, 6) is -5.15. The zero-order chi connectivity index (χ0) is 55.6. The molecule has 76 heavy (non-hydrogen) atoms. The number of likely N-dealkylation sites (tertiary alicyclic amines) is 2. The summed E-state index contributed by atoms with van der Waals surface area (Å²) in [6.07, 6.45) is 7.50. The van der Waals surface area contributed by atoms with Crippen molar-refractivity contribution in [2.24, 2.45) is 29.6 Å². The van der Waals surface area contributed by atoms with E-state index in [1.54, 1.807) is 37.8 Å². The summed E-state index contributed by atoms with van der Waals surface area (Å²) < 4.78 is 33.0. The number of aliphatic hydroxyl groups is 2. The average molecular weight is 1060 g/mol. The number of anilines is 1. The van der Waals surface area contributed by atoms with Crippen molar-refractivity contribution >= 4 is 29.3 Å². The molecule has 9 atom stereocenters. The molecule has 0 spiro atoms. The molecule has 17 nitrogen and oxygen atoms in total. The van der Waals surface area contributed by atoms with E-state index in [1.165, 1.54) is 13.2 Å². The van der Waals surface area contributed by atoms with Crippen LogP contribution in [-0.2, 0) is 42.9 Å². The van der Waals surface area contributed by atoms with Crippen molar-refractivity contribution < 1.29 is 53.1 Å². The van der Waals surface area contributed by atoms with Crippen molar-refractivity contribution in [2.45, 2.75) is 156 Å². The molecule has 3 saturated heterocycles. The van der Waals surface area contributed by atoms with Crippen molar-refractivity contribution in [2.75, 3.05) is 58.8 Å². The lowest BCUT2D eigenvalue weighted by atomic mass is 9.77. The van der Waals surface area contributed by atoms with Crippen molar-refractivity contribution in [3.8, 4) is 0 Å². The van der Waals surface area contributed by atoms with E-state index < -0.39 is 72.1 Å². The highest BCUT2D eigenvalue weighted by molar-refractivity contribution is 5.98. The summed E-state index contributed by atoms with van der Waals surface area (Å²) in [5, 5.41) is 32.7. The number of Topliss-reactive ketones (excluding diaryl/α,β-unsaturated/α-hetero) is 1. The van der Waals surface area contributed by atoms with Gasteiger partial charge in [-0.25, -0.2) is 0 Å². The number of carbonyl (C=O) groups excluding carboxylic acids is 4. The number of methoxy groups -OCH3 is 1. The minimum atomic E-state index is -1.90. The molecule has 1 aromatic carbocycles. The Hall–Kier alpha value is -5.46. The van der Waals surface area contributed by atoms with Gasteiger partial charge in [-0.2, -0.15) is 0 Å². The number of rotatable bonds is 16. The topological polar surface area (TPSA) is 201 Å². The summed E-state index contributed by atoms with van der Waals surface area (Å²) >= 11 is 0. The number of allylic oxidation sites excluding steroid dienone is 5. The Morgan fingerprint density at radius 2 is 1.68 bits per heavy atom. The van der Waals surface area contributed by atoms with Crippen molar-refractivity contribution in [1.29, 1.82) is 0 Å². The molecule has 5 N–H and O–H groups in total. The predicted molar refractivity (Wildman–Crippen MR) is 293 cm³/mol. The Balaban J connectivity index is 1.34. The van der Waals surface area contributed by atoms with Crippen LogP contribution in [0.4, 0.5) is 5.69 Å². The van der Waals surface area contributed by atoms with E-state index in [9.17, 15) is 29.4 Å². The van der Waals surface area contributed by atoms with Gasteiger partial charge in [-0.05, 0) is 84.0 Å². The zero-order valence-electron chi connectivity index (χ0n) is 47.4. The third-order valence-electron chi connectivity index (χ3n) is 16.4.